The first-order valence-corrected chi connectivity index (χ1v) is 11.9. The zero-order valence-electron chi connectivity index (χ0n) is 20.6. The van der Waals surface area contributed by atoms with Gasteiger partial charge < -0.3 is 15.3 Å². The predicted octanol–water partition coefficient (Wildman–Crippen LogP) is 7.16. The number of phenolic OH excluding ortho intramolecular Hbond substituents is 1. The molecular formula is C27H32N4O4. The molecule has 35 heavy (non-hydrogen) atoms. The van der Waals surface area contributed by atoms with E-state index in [1.807, 2.05) is 0 Å². The molecule has 0 unspecified atom stereocenters. The number of hydrogen-bond donors (Lipinski definition) is 3. The average molecular weight is 477 g/mol. The van der Waals surface area contributed by atoms with Gasteiger partial charge in [0.2, 0.25) is 5.88 Å². The maximum atomic E-state index is 11.3. The van der Waals surface area contributed by atoms with Crippen molar-refractivity contribution in [2.75, 3.05) is 0 Å². The van der Waals surface area contributed by atoms with Crippen molar-refractivity contribution in [1.29, 1.82) is 0 Å². The first-order valence-electron chi connectivity index (χ1n) is 11.9. The number of carboxylic acids is 1. The number of carbonyl (C=O) groups is 1. The molecule has 8 heteroatoms. The quantitative estimate of drug-likeness (QED) is 0.337. The highest BCUT2D eigenvalue weighted by Gasteiger charge is 2.32. The second-order valence-electron chi connectivity index (χ2n) is 10.3. The van der Waals surface area contributed by atoms with E-state index < -0.39 is 5.97 Å². The molecular weight excluding hydrogens is 444 g/mol. The number of aromatic carboxylic acids is 1. The zero-order valence-corrected chi connectivity index (χ0v) is 20.6. The summed E-state index contributed by atoms with van der Waals surface area (Å²) in [5.74, 6) is -0.528. The van der Waals surface area contributed by atoms with Gasteiger partial charge in [-0.1, -0.05) is 45.0 Å². The lowest BCUT2D eigenvalue weighted by Crippen LogP contribution is -2.27. The molecule has 8 nitrogen and oxygen atoms in total. The van der Waals surface area contributed by atoms with E-state index in [0.717, 1.165) is 25.7 Å². The number of azo groups is 1. The van der Waals surface area contributed by atoms with Crippen LogP contribution in [-0.2, 0) is 0 Å². The van der Waals surface area contributed by atoms with Crippen LogP contribution in [0.2, 0.25) is 0 Å². The Morgan fingerprint density at radius 2 is 1.71 bits per heavy atom. The fourth-order valence-corrected chi connectivity index (χ4v) is 4.85. The highest BCUT2D eigenvalue weighted by atomic mass is 16.4. The van der Waals surface area contributed by atoms with Gasteiger partial charge in [-0.2, -0.15) is 5.10 Å². The minimum atomic E-state index is -1.04. The van der Waals surface area contributed by atoms with Gasteiger partial charge in [-0.05, 0) is 67.7 Å². The summed E-state index contributed by atoms with van der Waals surface area (Å²) in [7, 11) is 0. The van der Waals surface area contributed by atoms with Crippen LogP contribution in [0.1, 0.15) is 68.5 Å². The Hall–Kier alpha value is -3.68. The van der Waals surface area contributed by atoms with Crippen LogP contribution < -0.4 is 0 Å². The van der Waals surface area contributed by atoms with Gasteiger partial charge in [-0.3, -0.25) is 0 Å². The third kappa shape index (κ3) is 5.06. The SMILES string of the molecule is Cc1nn(C2CCC(C(C)(C)C)CC2)c(O)c1N=Nc1cccc(-c2cccc(C(=O)O)c2)c1O. The van der Waals surface area contributed by atoms with E-state index in [0.29, 0.717) is 22.7 Å². The summed E-state index contributed by atoms with van der Waals surface area (Å²) >= 11 is 0. The number of phenols is 1. The molecule has 184 valence electrons. The first kappa shape index (κ1) is 24.4. The number of rotatable bonds is 5. The number of aromatic hydroxyl groups is 2. The molecule has 0 aliphatic heterocycles. The second kappa shape index (κ2) is 9.52. The molecule has 2 aromatic carbocycles. The van der Waals surface area contributed by atoms with E-state index in [1.165, 1.54) is 12.1 Å². The van der Waals surface area contributed by atoms with Crippen LogP contribution in [0.5, 0.6) is 11.6 Å². The number of aryl methyl sites for hydroxylation is 1. The molecule has 1 aliphatic carbocycles. The summed E-state index contributed by atoms with van der Waals surface area (Å²) < 4.78 is 1.66. The molecule has 0 radical (unpaired) electrons. The molecule has 4 rings (SSSR count). The molecule has 0 spiro atoms. The van der Waals surface area contributed by atoms with E-state index in [2.05, 4.69) is 36.1 Å². The molecule has 3 aromatic rings. The van der Waals surface area contributed by atoms with E-state index >= 15 is 0 Å². The average Bonchev–Trinajstić information content (AvgIpc) is 3.11. The van der Waals surface area contributed by atoms with Gasteiger partial charge in [-0.25, -0.2) is 9.48 Å². The fraction of sp³-hybridized carbons (Fsp3) is 0.407. The van der Waals surface area contributed by atoms with Crippen LogP contribution in [0.3, 0.4) is 0 Å². The number of para-hydroxylation sites is 1. The lowest BCUT2D eigenvalue weighted by Gasteiger charge is -2.37. The fourth-order valence-electron chi connectivity index (χ4n) is 4.85. The molecule has 0 atom stereocenters. The van der Waals surface area contributed by atoms with Gasteiger partial charge in [-0.15, -0.1) is 10.2 Å². The molecule has 0 amide bonds. The van der Waals surface area contributed by atoms with Crippen LogP contribution in [0, 0.1) is 18.3 Å². The summed E-state index contributed by atoms with van der Waals surface area (Å²) in [6.45, 7) is 8.61. The maximum absolute atomic E-state index is 11.3. The molecule has 1 aromatic heterocycles. The van der Waals surface area contributed by atoms with Crippen molar-refractivity contribution in [3.63, 3.8) is 0 Å². The van der Waals surface area contributed by atoms with Crippen LogP contribution in [0.4, 0.5) is 11.4 Å². The number of benzene rings is 2. The Balaban J connectivity index is 1.58. The lowest BCUT2D eigenvalue weighted by atomic mass is 9.71. The lowest BCUT2D eigenvalue weighted by molar-refractivity contribution is 0.0697. The standard InChI is InChI=1S/C27H32N4O4/c1-16-23(25(33)31(30-16)20-13-11-19(12-14-20)27(2,3)4)29-28-22-10-6-9-21(24(22)32)17-7-5-8-18(15-17)26(34)35/h5-10,15,19-20,32-33H,11-14H2,1-4H3,(H,34,35). The van der Waals surface area contributed by atoms with E-state index in [-0.39, 0.29) is 40.0 Å². The number of carboxylic acid groups (broad SMARTS) is 1. The van der Waals surface area contributed by atoms with Crippen LogP contribution in [0.25, 0.3) is 11.1 Å². The summed E-state index contributed by atoms with van der Waals surface area (Å²) in [6.07, 6.45) is 4.08. The maximum Gasteiger partial charge on any atom is 0.335 e. The Bertz CT molecular complexity index is 1260. The Morgan fingerprint density at radius 1 is 1.03 bits per heavy atom. The molecule has 0 saturated heterocycles. The largest absolute Gasteiger partial charge is 0.505 e. The van der Waals surface area contributed by atoms with Gasteiger partial charge >= 0.3 is 5.97 Å². The Kier molecular flexibility index (Phi) is 6.65. The van der Waals surface area contributed by atoms with Crippen molar-refractivity contribution in [1.82, 2.24) is 9.78 Å². The normalized spacial score (nSPS) is 18.7. The Morgan fingerprint density at radius 3 is 2.37 bits per heavy atom. The summed E-state index contributed by atoms with van der Waals surface area (Å²) in [4.78, 5) is 11.3. The highest BCUT2D eigenvalue weighted by Crippen LogP contribution is 2.44. The molecule has 1 heterocycles. The summed E-state index contributed by atoms with van der Waals surface area (Å²) in [6, 6.07) is 11.4. The van der Waals surface area contributed by atoms with Crippen molar-refractivity contribution in [3.05, 3.63) is 53.7 Å². The number of hydrogen-bond acceptors (Lipinski definition) is 6. The number of aromatic nitrogens is 2. The summed E-state index contributed by atoms with van der Waals surface area (Å²) in [5, 5.41) is 43.9. The highest BCUT2D eigenvalue weighted by molar-refractivity contribution is 5.90. The summed E-state index contributed by atoms with van der Waals surface area (Å²) in [5.41, 5.74) is 2.44. The van der Waals surface area contributed by atoms with E-state index in [9.17, 15) is 20.1 Å². The molecule has 3 N–H and O–H groups in total. The first-order chi connectivity index (χ1) is 16.6. The van der Waals surface area contributed by atoms with Gasteiger partial charge in [0.15, 0.2) is 11.4 Å². The van der Waals surface area contributed by atoms with E-state index in [1.54, 1.807) is 41.9 Å². The molecule has 1 fully saturated rings. The van der Waals surface area contributed by atoms with Crippen molar-refractivity contribution in [3.8, 4) is 22.8 Å². The molecule has 0 bridgehead atoms. The second-order valence-corrected chi connectivity index (χ2v) is 10.3. The van der Waals surface area contributed by atoms with Crippen molar-refractivity contribution >= 4 is 17.3 Å². The third-order valence-electron chi connectivity index (χ3n) is 6.99. The van der Waals surface area contributed by atoms with Crippen LogP contribution >= 0.6 is 0 Å². The van der Waals surface area contributed by atoms with Crippen molar-refractivity contribution in [2.45, 2.75) is 59.4 Å². The van der Waals surface area contributed by atoms with Gasteiger partial charge in [0.1, 0.15) is 5.69 Å². The molecule has 1 aliphatic rings. The van der Waals surface area contributed by atoms with Gasteiger partial charge in [0.25, 0.3) is 0 Å². The van der Waals surface area contributed by atoms with Gasteiger partial charge in [0.05, 0.1) is 17.3 Å². The number of nitrogens with zero attached hydrogens (tertiary/aromatic N) is 4. The van der Waals surface area contributed by atoms with Crippen LogP contribution in [0.15, 0.2) is 52.7 Å². The predicted molar refractivity (Wildman–Crippen MR) is 134 cm³/mol. The Labute approximate surface area is 205 Å². The van der Waals surface area contributed by atoms with E-state index in [4.69, 9.17) is 0 Å². The minimum absolute atomic E-state index is 0.0183. The zero-order chi connectivity index (χ0) is 25.3. The van der Waals surface area contributed by atoms with Crippen LogP contribution in [-0.4, -0.2) is 31.1 Å². The monoisotopic (exact) mass is 476 g/mol. The van der Waals surface area contributed by atoms with Crippen molar-refractivity contribution < 1.29 is 20.1 Å². The minimum Gasteiger partial charge on any atom is -0.505 e. The van der Waals surface area contributed by atoms with Gasteiger partial charge in [0, 0.05) is 5.56 Å². The third-order valence-corrected chi connectivity index (χ3v) is 6.99. The molecule has 1 saturated carbocycles. The smallest absolute Gasteiger partial charge is 0.335 e. The topological polar surface area (TPSA) is 120 Å². The van der Waals surface area contributed by atoms with Crippen molar-refractivity contribution in [2.24, 2.45) is 21.6 Å².